The first-order valence-electron chi connectivity index (χ1n) is 5.39. The zero-order chi connectivity index (χ0) is 13.3. The fraction of sp³-hybridized carbons (Fsp3) is 0.400. The molecule has 0 radical (unpaired) electrons. The Morgan fingerprint density at radius 1 is 1.61 bits per heavy atom. The first-order valence-corrected chi connectivity index (χ1v) is 5.39. The van der Waals surface area contributed by atoms with E-state index in [0.29, 0.717) is 29.4 Å². The van der Waals surface area contributed by atoms with Crippen molar-refractivity contribution in [2.45, 2.75) is 13.5 Å². The van der Waals surface area contributed by atoms with Crippen LogP contribution < -0.4 is 5.73 Å². The van der Waals surface area contributed by atoms with Crippen molar-refractivity contribution in [3.8, 4) is 0 Å². The second kappa shape index (κ2) is 4.47. The van der Waals surface area contributed by atoms with Gasteiger partial charge in [0.25, 0.3) is 5.91 Å². The van der Waals surface area contributed by atoms with E-state index in [-0.39, 0.29) is 5.91 Å². The number of anilines is 1. The highest BCUT2D eigenvalue weighted by atomic mass is 16.2. The second-order valence-electron chi connectivity index (χ2n) is 4.06. The van der Waals surface area contributed by atoms with Crippen LogP contribution >= 0.6 is 0 Å². The van der Waals surface area contributed by atoms with Gasteiger partial charge in [-0.3, -0.25) is 14.6 Å². The van der Waals surface area contributed by atoms with Crippen LogP contribution in [-0.2, 0) is 13.6 Å². The number of hydrogen-bond donors (Lipinski definition) is 2. The van der Waals surface area contributed by atoms with Gasteiger partial charge in [-0.1, -0.05) is 0 Å². The molecule has 0 fully saturated rings. The first kappa shape index (κ1) is 12.1. The zero-order valence-corrected chi connectivity index (χ0v) is 10.5. The molecule has 2 rings (SSSR count). The van der Waals surface area contributed by atoms with E-state index in [1.54, 1.807) is 21.0 Å². The number of rotatable bonds is 3. The van der Waals surface area contributed by atoms with Crippen LogP contribution in [0.15, 0.2) is 6.33 Å². The molecular weight excluding hydrogens is 234 g/mol. The molecule has 96 valence electrons. The molecule has 0 bridgehead atoms. The van der Waals surface area contributed by atoms with Gasteiger partial charge in [0.1, 0.15) is 17.8 Å². The first-order chi connectivity index (χ1) is 8.50. The van der Waals surface area contributed by atoms with E-state index in [0.717, 1.165) is 0 Å². The van der Waals surface area contributed by atoms with Gasteiger partial charge in [-0.15, -0.1) is 0 Å². The van der Waals surface area contributed by atoms with E-state index in [1.165, 1.54) is 15.9 Å². The standard InChI is InChI=1S/C10H15N7O/c1-6-8(11)9(17(3)15-6)10(18)16(2)4-7-12-5-13-14-7/h5H,4,11H2,1-3H3,(H,12,13,14). The van der Waals surface area contributed by atoms with E-state index in [2.05, 4.69) is 20.3 Å². The summed E-state index contributed by atoms with van der Waals surface area (Å²) in [5.41, 5.74) is 7.29. The Bertz CT molecular complexity index is 557. The summed E-state index contributed by atoms with van der Waals surface area (Å²) in [6.07, 6.45) is 1.40. The summed E-state index contributed by atoms with van der Waals surface area (Å²) in [5.74, 6) is 0.412. The SMILES string of the molecule is Cc1nn(C)c(C(=O)N(C)Cc2ncn[nH]2)c1N. The number of nitrogens with zero attached hydrogens (tertiary/aromatic N) is 5. The molecule has 2 aromatic rings. The minimum Gasteiger partial charge on any atom is -0.395 e. The predicted octanol–water partition coefficient (Wildman–Crippen LogP) is -0.299. The van der Waals surface area contributed by atoms with Crippen LogP contribution in [0.3, 0.4) is 0 Å². The van der Waals surface area contributed by atoms with Crippen LogP contribution in [0.25, 0.3) is 0 Å². The molecule has 0 spiro atoms. The number of aromatic amines is 1. The fourth-order valence-corrected chi connectivity index (χ4v) is 1.71. The van der Waals surface area contributed by atoms with Gasteiger partial charge in [-0.05, 0) is 6.92 Å². The molecule has 2 heterocycles. The molecule has 18 heavy (non-hydrogen) atoms. The largest absolute Gasteiger partial charge is 0.395 e. The third-order valence-electron chi connectivity index (χ3n) is 2.67. The Labute approximate surface area is 104 Å². The van der Waals surface area contributed by atoms with Crippen molar-refractivity contribution in [2.75, 3.05) is 12.8 Å². The molecule has 0 aromatic carbocycles. The van der Waals surface area contributed by atoms with Gasteiger partial charge in [0.2, 0.25) is 0 Å². The van der Waals surface area contributed by atoms with E-state index in [9.17, 15) is 4.79 Å². The quantitative estimate of drug-likeness (QED) is 0.777. The van der Waals surface area contributed by atoms with Crippen molar-refractivity contribution in [2.24, 2.45) is 7.05 Å². The highest BCUT2D eigenvalue weighted by Crippen LogP contribution is 2.17. The number of hydrogen-bond acceptors (Lipinski definition) is 5. The second-order valence-corrected chi connectivity index (χ2v) is 4.06. The van der Waals surface area contributed by atoms with Crippen LogP contribution in [0.4, 0.5) is 5.69 Å². The molecule has 0 aliphatic carbocycles. The van der Waals surface area contributed by atoms with E-state index >= 15 is 0 Å². The van der Waals surface area contributed by atoms with Crippen molar-refractivity contribution in [1.82, 2.24) is 29.9 Å². The molecule has 0 atom stereocenters. The molecule has 0 aliphatic heterocycles. The number of carbonyl (C=O) groups is 1. The minimum absolute atomic E-state index is 0.202. The highest BCUT2D eigenvalue weighted by Gasteiger charge is 2.21. The normalized spacial score (nSPS) is 10.6. The lowest BCUT2D eigenvalue weighted by molar-refractivity contribution is 0.0772. The van der Waals surface area contributed by atoms with Crippen LogP contribution in [0, 0.1) is 6.92 Å². The number of nitrogens with two attached hydrogens (primary N) is 1. The van der Waals surface area contributed by atoms with Crippen molar-refractivity contribution >= 4 is 11.6 Å². The average Bonchev–Trinajstić information content (AvgIpc) is 2.88. The van der Waals surface area contributed by atoms with Crippen molar-refractivity contribution < 1.29 is 4.79 Å². The van der Waals surface area contributed by atoms with Gasteiger partial charge in [-0.2, -0.15) is 10.2 Å². The number of carbonyl (C=O) groups excluding carboxylic acids is 1. The summed E-state index contributed by atoms with van der Waals surface area (Å²) >= 11 is 0. The summed E-state index contributed by atoms with van der Waals surface area (Å²) in [6, 6.07) is 0. The molecule has 3 N–H and O–H groups in total. The Morgan fingerprint density at radius 3 is 2.83 bits per heavy atom. The molecule has 0 saturated heterocycles. The molecule has 2 aromatic heterocycles. The number of aryl methyl sites for hydroxylation is 2. The lowest BCUT2D eigenvalue weighted by Gasteiger charge is -2.15. The lowest BCUT2D eigenvalue weighted by atomic mass is 10.2. The number of H-pyrrole nitrogens is 1. The van der Waals surface area contributed by atoms with Gasteiger partial charge in [0, 0.05) is 14.1 Å². The lowest BCUT2D eigenvalue weighted by Crippen LogP contribution is -2.29. The maximum absolute atomic E-state index is 12.2. The molecule has 0 aliphatic rings. The zero-order valence-electron chi connectivity index (χ0n) is 10.5. The van der Waals surface area contributed by atoms with Crippen molar-refractivity contribution in [3.05, 3.63) is 23.5 Å². The molecular formula is C10H15N7O. The Hall–Kier alpha value is -2.38. The smallest absolute Gasteiger partial charge is 0.274 e. The summed E-state index contributed by atoms with van der Waals surface area (Å²) in [4.78, 5) is 17.7. The van der Waals surface area contributed by atoms with Crippen LogP contribution in [0.2, 0.25) is 0 Å². The van der Waals surface area contributed by atoms with Gasteiger partial charge in [0.05, 0.1) is 17.9 Å². The third kappa shape index (κ3) is 2.04. The van der Waals surface area contributed by atoms with Gasteiger partial charge in [-0.25, -0.2) is 4.98 Å². The summed E-state index contributed by atoms with van der Waals surface area (Å²) < 4.78 is 1.49. The summed E-state index contributed by atoms with van der Waals surface area (Å²) in [7, 11) is 3.37. The highest BCUT2D eigenvalue weighted by molar-refractivity contribution is 5.97. The van der Waals surface area contributed by atoms with Gasteiger partial charge in [0.15, 0.2) is 0 Å². The Kier molecular flexibility index (Phi) is 3.00. The van der Waals surface area contributed by atoms with Crippen molar-refractivity contribution in [1.29, 1.82) is 0 Å². The molecule has 0 saturated carbocycles. The Balaban J connectivity index is 2.20. The summed E-state index contributed by atoms with van der Waals surface area (Å²) in [6.45, 7) is 2.10. The maximum Gasteiger partial charge on any atom is 0.274 e. The third-order valence-corrected chi connectivity index (χ3v) is 2.67. The average molecular weight is 249 g/mol. The number of aromatic nitrogens is 5. The van der Waals surface area contributed by atoms with Gasteiger partial charge < -0.3 is 10.6 Å². The van der Waals surface area contributed by atoms with E-state index < -0.39 is 0 Å². The van der Waals surface area contributed by atoms with Crippen LogP contribution in [0.5, 0.6) is 0 Å². The van der Waals surface area contributed by atoms with Crippen molar-refractivity contribution in [3.63, 3.8) is 0 Å². The topological polar surface area (TPSA) is 106 Å². The molecule has 8 heteroatoms. The molecule has 8 nitrogen and oxygen atoms in total. The van der Waals surface area contributed by atoms with E-state index in [4.69, 9.17) is 5.73 Å². The minimum atomic E-state index is -0.202. The summed E-state index contributed by atoms with van der Waals surface area (Å²) in [5, 5.41) is 10.5. The van der Waals surface area contributed by atoms with E-state index in [1.807, 2.05) is 0 Å². The predicted molar refractivity (Wildman–Crippen MR) is 64.5 cm³/mol. The molecule has 0 unspecified atom stereocenters. The molecule has 1 amide bonds. The van der Waals surface area contributed by atoms with Crippen LogP contribution in [0.1, 0.15) is 22.0 Å². The number of nitrogen functional groups attached to an aromatic ring is 1. The monoisotopic (exact) mass is 249 g/mol. The number of amides is 1. The van der Waals surface area contributed by atoms with Crippen LogP contribution in [-0.4, -0.2) is 42.8 Å². The Morgan fingerprint density at radius 2 is 2.33 bits per heavy atom. The fourth-order valence-electron chi connectivity index (χ4n) is 1.71. The maximum atomic E-state index is 12.2. The number of nitrogens with one attached hydrogen (secondary N) is 1. The van der Waals surface area contributed by atoms with Gasteiger partial charge >= 0.3 is 0 Å².